The fraction of sp³-hybridized carbons (Fsp3) is 0.150. The van der Waals surface area contributed by atoms with Gasteiger partial charge >= 0.3 is 0 Å². The number of aromatic nitrogens is 2. The van der Waals surface area contributed by atoms with Gasteiger partial charge in [0.05, 0.1) is 12.8 Å². The summed E-state index contributed by atoms with van der Waals surface area (Å²) in [5, 5.41) is 4.26. The predicted octanol–water partition coefficient (Wildman–Crippen LogP) is 2.32. The Morgan fingerprint density at radius 2 is 1.93 bits per heavy atom. The zero-order valence-electron chi connectivity index (χ0n) is 15.1. The number of rotatable bonds is 4. The Morgan fingerprint density at radius 1 is 1.18 bits per heavy atom. The molecule has 1 aromatic heterocycles. The Morgan fingerprint density at radius 3 is 2.61 bits per heavy atom. The number of carbonyl (C=O) groups is 2. The van der Waals surface area contributed by atoms with Gasteiger partial charge in [-0.2, -0.15) is 5.10 Å². The van der Waals surface area contributed by atoms with Crippen LogP contribution in [0.25, 0.3) is 5.69 Å². The molecule has 2 aromatic carbocycles. The molecule has 0 atom stereocenters. The van der Waals surface area contributed by atoms with E-state index in [1.54, 1.807) is 4.90 Å². The van der Waals surface area contributed by atoms with Gasteiger partial charge in [0.25, 0.3) is 11.8 Å². The van der Waals surface area contributed by atoms with E-state index in [9.17, 15) is 14.0 Å². The zero-order chi connectivity index (χ0) is 19.8. The summed E-state index contributed by atoms with van der Waals surface area (Å²) in [6.07, 6.45) is 0.423. The summed E-state index contributed by atoms with van der Waals surface area (Å²) in [5.41, 5.74) is 7.38. The SMILES string of the molecule is COc1cc(-n2nc(C(N)=O)c3c2C(=O)N(c2ccccc2)CC3)ccc1F. The Balaban J connectivity index is 1.88. The van der Waals surface area contributed by atoms with Crippen LogP contribution in [0, 0.1) is 5.82 Å². The lowest BCUT2D eigenvalue weighted by molar-refractivity contribution is 0.0972. The second-order valence-corrected chi connectivity index (χ2v) is 6.31. The molecule has 2 heterocycles. The van der Waals surface area contributed by atoms with Crippen molar-refractivity contribution in [3.63, 3.8) is 0 Å². The molecule has 7 nitrogen and oxygen atoms in total. The summed E-state index contributed by atoms with van der Waals surface area (Å²) in [6.45, 7) is 0.397. The minimum absolute atomic E-state index is 0.00514. The highest BCUT2D eigenvalue weighted by Crippen LogP contribution is 2.30. The van der Waals surface area contributed by atoms with Crippen LogP contribution in [-0.4, -0.2) is 35.2 Å². The minimum atomic E-state index is -0.718. The highest BCUT2D eigenvalue weighted by atomic mass is 19.1. The van der Waals surface area contributed by atoms with E-state index in [-0.39, 0.29) is 23.0 Å². The average Bonchev–Trinajstić information content (AvgIpc) is 3.10. The van der Waals surface area contributed by atoms with Gasteiger partial charge in [0, 0.05) is 23.9 Å². The van der Waals surface area contributed by atoms with Gasteiger partial charge in [-0.15, -0.1) is 0 Å². The molecule has 8 heteroatoms. The van der Waals surface area contributed by atoms with Crippen molar-refractivity contribution in [1.29, 1.82) is 0 Å². The lowest BCUT2D eigenvalue weighted by atomic mass is 10.0. The summed E-state index contributed by atoms with van der Waals surface area (Å²) in [5.74, 6) is -1.56. The van der Waals surface area contributed by atoms with E-state index < -0.39 is 11.7 Å². The first kappa shape index (κ1) is 17.7. The highest BCUT2D eigenvalue weighted by molar-refractivity contribution is 6.09. The van der Waals surface area contributed by atoms with Gasteiger partial charge in [-0.05, 0) is 30.7 Å². The van der Waals surface area contributed by atoms with Crippen LogP contribution in [0.1, 0.15) is 26.5 Å². The molecule has 1 aliphatic rings. The van der Waals surface area contributed by atoms with Crippen molar-refractivity contribution in [2.24, 2.45) is 5.73 Å². The van der Waals surface area contributed by atoms with Crippen LogP contribution >= 0.6 is 0 Å². The Kier molecular flexibility index (Phi) is 4.31. The van der Waals surface area contributed by atoms with Crippen LogP contribution in [0.2, 0.25) is 0 Å². The Hall–Kier alpha value is -3.68. The molecule has 1 aliphatic heterocycles. The van der Waals surface area contributed by atoms with E-state index in [1.165, 1.54) is 30.0 Å². The first-order chi connectivity index (χ1) is 13.5. The molecule has 0 unspecified atom stereocenters. The molecule has 4 rings (SSSR count). The summed E-state index contributed by atoms with van der Waals surface area (Å²) in [4.78, 5) is 26.8. The lowest BCUT2D eigenvalue weighted by Gasteiger charge is -2.27. The fourth-order valence-electron chi connectivity index (χ4n) is 3.38. The number of methoxy groups -OCH3 is 1. The number of nitrogens with two attached hydrogens (primary N) is 1. The number of para-hydroxylation sites is 1. The molecule has 2 N–H and O–H groups in total. The van der Waals surface area contributed by atoms with Crippen LogP contribution < -0.4 is 15.4 Å². The third-order valence-corrected chi connectivity index (χ3v) is 4.70. The standard InChI is InChI=1S/C20H17FN4O3/c1-28-16-11-13(7-8-15(16)21)25-18-14(17(23-25)19(22)26)9-10-24(20(18)27)12-5-3-2-4-6-12/h2-8,11H,9-10H2,1H3,(H2,22,26). The first-order valence-corrected chi connectivity index (χ1v) is 8.63. The Bertz CT molecular complexity index is 1080. The molecule has 142 valence electrons. The van der Waals surface area contributed by atoms with Gasteiger partial charge in [-0.3, -0.25) is 9.59 Å². The molecule has 0 bridgehead atoms. The minimum Gasteiger partial charge on any atom is -0.494 e. The van der Waals surface area contributed by atoms with Crippen molar-refractivity contribution >= 4 is 17.5 Å². The number of primary amides is 1. The van der Waals surface area contributed by atoms with Gasteiger partial charge in [-0.25, -0.2) is 9.07 Å². The van der Waals surface area contributed by atoms with Gasteiger partial charge in [-0.1, -0.05) is 18.2 Å². The van der Waals surface area contributed by atoms with E-state index in [0.717, 1.165) is 5.69 Å². The van der Waals surface area contributed by atoms with Crippen LogP contribution in [0.4, 0.5) is 10.1 Å². The number of benzene rings is 2. The van der Waals surface area contributed by atoms with Gasteiger partial charge in [0.2, 0.25) is 0 Å². The highest BCUT2D eigenvalue weighted by Gasteiger charge is 2.34. The van der Waals surface area contributed by atoms with E-state index >= 15 is 0 Å². The van der Waals surface area contributed by atoms with Crippen LogP contribution in [-0.2, 0) is 6.42 Å². The first-order valence-electron chi connectivity index (χ1n) is 8.63. The molecule has 0 spiro atoms. The second kappa shape index (κ2) is 6.80. The largest absolute Gasteiger partial charge is 0.494 e. The number of amides is 2. The van der Waals surface area contributed by atoms with Gasteiger partial charge < -0.3 is 15.4 Å². The van der Waals surface area contributed by atoms with E-state index in [0.29, 0.717) is 24.2 Å². The molecular weight excluding hydrogens is 363 g/mol. The summed E-state index contributed by atoms with van der Waals surface area (Å²) >= 11 is 0. The van der Waals surface area contributed by atoms with E-state index in [2.05, 4.69) is 5.10 Å². The number of carbonyl (C=O) groups excluding carboxylic acids is 2. The third kappa shape index (κ3) is 2.79. The van der Waals surface area contributed by atoms with Gasteiger partial charge in [0.1, 0.15) is 5.69 Å². The second-order valence-electron chi connectivity index (χ2n) is 6.31. The van der Waals surface area contributed by atoms with Crippen LogP contribution in [0.3, 0.4) is 0 Å². The third-order valence-electron chi connectivity index (χ3n) is 4.70. The van der Waals surface area contributed by atoms with Crippen molar-refractivity contribution < 1.29 is 18.7 Å². The quantitative estimate of drug-likeness (QED) is 0.752. The number of halogens is 1. The maximum absolute atomic E-state index is 13.8. The van der Waals surface area contributed by atoms with Crippen molar-refractivity contribution in [3.8, 4) is 11.4 Å². The lowest BCUT2D eigenvalue weighted by Crippen LogP contribution is -2.39. The number of fused-ring (bicyclic) bond motifs is 1. The molecule has 2 amide bonds. The summed E-state index contributed by atoms with van der Waals surface area (Å²) in [7, 11) is 1.35. The molecule has 0 radical (unpaired) electrons. The molecule has 0 saturated heterocycles. The maximum atomic E-state index is 13.8. The molecule has 0 aliphatic carbocycles. The number of hydrogen-bond acceptors (Lipinski definition) is 4. The molecule has 0 saturated carbocycles. The molecule has 28 heavy (non-hydrogen) atoms. The smallest absolute Gasteiger partial charge is 0.277 e. The van der Waals surface area contributed by atoms with Crippen molar-refractivity contribution in [2.45, 2.75) is 6.42 Å². The zero-order valence-corrected chi connectivity index (χ0v) is 15.1. The maximum Gasteiger partial charge on any atom is 0.277 e. The Labute approximate surface area is 160 Å². The number of hydrogen-bond donors (Lipinski definition) is 1. The van der Waals surface area contributed by atoms with E-state index in [1.807, 2.05) is 30.3 Å². The molecule has 3 aromatic rings. The van der Waals surface area contributed by atoms with Crippen LogP contribution in [0.5, 0.6) is 5.75 Å². The van der Waals surface area contributed by atoms with Crippen molar-refractivity contribution in [3.05, 3.63) is 71.3 Å². The summed E-state index contributed by atoms with van der Waals surface area (Å²) in [6, 6.07) is 13.3. The molecular formula is C20H17FN4O3. The number of ether oxygens (including phenoxy) is 1. The van der Waals surface area contributed by atoms with Crippen molar-refractivity contribution in [1.82, 2.24) is 9.78 Å². The normalized spacial score (nSPS) is 13.4. The van der Waals surface area contributed by atoms with Crippen LogP contribution in [0.15, 0.2) is 48.5 Å². The molecule has 0 fully saturated rings. The predicted molar refractivity (Wildman–Crippen MR) is 100 cm³/mol. The summed E-state index contributed by atoms with van der Waals surface area (Å²) < 4.78 is 20.2. The van der Waals surface area contributed by atoms with Crippen molar-refractivity contribution in [2.75, 3.05) is 18.6 Å². The fourth-order valence-corrected chi connectivity index (χ4v) is 3.38. The average molecular weight is 380 g/mol. The number of anilines is 1. The number of nitrogens with zero attached hydrogens (tertiary/aromatic N) is 3. The van der Waals surface area contributed by atoms with Gasteiger partial charge in [0.15, 0.2) is 17.3 Å². The topological polar surface area (TPSA) is 90.5 Å². The monoisotopic (exact) mass is 380 g/mol. The van der Waals surface area contributed by atoms with E-state index in [4.69, 9.17) is 10.5 Å².